The number of methoxy groups -OCH3 is 1. The Kier molecular flexibility index (Phi) is 5.94. The van der Waals surface area contributed by atoms with E-state index in [1.54, 1.807) is 7.11 Å². The van der Waals surface area contributed by atoms with E-state index in [1.807, 2.05) is 24.8 Å². The summed E-state index contributed by atoms with van der Waals surface area (Å²) in [6.45, 7) is 5.26. The van der Waals surface area contributed by atoms with E-state index in [-0.39, 0.29) is 11.4 Å². The van der Waals surface area contributed by atoms with Gasteiger partial charge in [0.1, 0.15) is 5.69 Å². The molecule has 1 aliphatic rings. The third-order valence-electron chi connectivity index (χ3n) is 6.42. The molecule has 0 aliphatic carbocycles. The lowest BCUT2D eigenvalue weighted by atomic mass is 9.68. The number of anilines is 1. The topological polar surface area (TPSA) is 54.5 Å². The first-order chi connectivity index (χ1) is 15.0. The molecule has 31 heavy (non-hydrogen) atoms. The average molecular weight is 416 g/mol. The molecule has 1 fully saturated rings. The molecule has 1 saturated heterocycles. The summed E-state index contributed by atoms with van der Waals surface area (Å²) < 4.78 is 5.37. The molecule has 1 aromatic heterocycles. The number of amides is 2. The van der Waals surface area contributed by atoms with Gasteiger partial charge in [-0.1, -0.05) is 60.7 Å². The van der Waals surface area contributed by atoms with Crippen molar-refractivity contribution in [3.05, 3.63) is 89.1 Å². The lowest BCUT2D eigenvalue weighted by Crippen LogP contribution is -2.47. The summed E-state index contributed by atoms with van der Waals surface area (Å²) in [5, 5.41) is 3.01. The van der Waals surface area contributed by atoms with Crippen molar-refractivity contribution in [2.45, 2.75) is 32.1 Å². The minimum atomic E-state index is -0.113. The average Bonchev–Trinajstić information content (AvgIpc) is 2.82. The fraction of sp³-hybridized carbons (Fsp3) is 0.308. The zero-order valence-corrected chi connectivity index (χ0v) is 18.4. The quantitative estimate of drug-likeness (QED) is 0.627. The number of rotatable bonds is 4. The van der Waals surface area contributed by atoms with E-state index in [9.17, 15) is 4.79 Å². The monoisotopic (exact) mass is 415 g/mol. The van der Waals surface area contributed by atoms with Crippen molar-refractivity contribution in [1.82, 2.24) is 9.88 Å². The Morgan fingerprint density at radius 1 is 0.968 bits per heavy atom. The second-order valence-corrected chi connectivity index (χ2v) is 8.18. The first-order valence-corrected chi connectivity index (χ1v) is 10.7. The van der Waals surface area contributed by atoms with E-state index < -0.39 is 0 Å². The van der Waals surface area contributed by atoms with Crippen LogP contribution in [0.15, 0.2) is 66.7 Å². The lowest BCUT2D eigenvalue weighted by molar-refractivity contribution is 0.180. The van der Waals surface area contributed by atoms with Crippen molar-refractivity contribution >= 4 is 11.7 Å². The van der Waals surface area contributed by atoms with E-state index in [1.165, 1.54) is 11.1 Å². The number of hydrogen-bond acceptors (Lipinski definition) is 3. The van der Waals surface area contributed by atoms with Crippen molar-refractivity contribution < 1.29 is 9.53 Å². The highest BCUT2D eigenvalue weighted by Gasteiger charge is 2.38. The number of hydrogen-bond donors (Lipinski definition) is 1. The first kappa shape index (κ1) is 20.9. The van der Waals surface area contributed by atoms with Crippen LogP contribution in [0.4, 0.5) is 10.5 Å². The third-order valence-corrected chi connectivity index (χ3v) is 6.42. The third kappa shape index (κ3) is 4.13. The van der Waals surface area contributed by atoms with Crippen LogP contribution in [0.3, 0.4) is 0 Å². The zero-order chi connectivity index (χ0) is 21.8. The van der Waals surface area contributed by atoms with Gasteiger partial charge in [-0.05, 0) is 49.4 Å². The van der Waals surface area contributed by atoms with Gasteiger partial charge in [0.2, 0.25) is 5.88 Å². The summed E-state index contributed by atoms with van der Waals surface area (Å²) in [5.41, 5.74) is 5.05. The van der Waals surface area contributed by atoms with Gasteiger partial charge < -0.3 is 15.0 Å². The Balaban J connectivity index is 1.54. The normalized spacial score (nSPS) is 15.4. The van der Waals surface area contributed by atoms with Gasteiger partial charge in [-0.2, -0.15) is 0 Å². The number of nitrogens with zero attached hydrogens (tertiary/aromatic N) is 2. The van der Waals surface area contributed by atoms with Gasteiger partial charge in [-0.3, -0.25) is 0 Å². The zero-order valence-electron chi connectivity index (χ0n) is 18.4. The molecule has 0 bridgehead atoms. The highest BCUT2D eigenvalue weighted by atomic mass is 16.5. The maximum atomic E-state index is 13.0. The van der Waals surface area contributed by atoms with Crippen LogP contribution in [0.1, 0.15) is 35.2 Å². The Morgan fingerprint density at radius 2 is 1.52 bits per heavy atom. The molecule has 1 aliphatic heterocycles. The molecule has 160 valence electrons. The molecule has 4 rings (SSSR count). The van der Waals surface area contributed by atoms with Gasteiger partial charge >= 0.3 is 6.03 Å². The van der Waals surface area contributed by atoms with Crippen LogP contribution in [0.25, 0.3) is 0 Å². The molecular formula is C26H29N3O2. The van der Waals surface area contributed by atoms with Crippen molar-refractivity contribution in [2.24, 2.45) is 0 Å². The Morgan fingerprint density at radius 3 is 2.03 bits per heavy atom. The van der Waals surface area contributed by atoms with E-state index in [4.69, 9.17) is 4.74 Å². The number of carbonyl (C=O) groups is 1. The van der Waals surface area contributed by atoms with Gasteiger partial charge in [0.25, 0.3) is 0 Å². The summed E-state index contributed by atoms with van der Waals surface area (Å²) in [5.74, 6) is 0.441. The number of nitrogens with one attached hydrogen (secondary N) is 1. The first-order valence-electron chi connectivity index (χ1n) is 10.7. The Labute approximate surface area is 184 Å². The molecular weight excluding hydrogens is 386 g/mol. The van der Waals surface area contributed by atoms with E-state index >= 15 is 0 Å². The number of ether oxygens (including phenoxy) is 1. The minimum Gasteiger partial charge on any atom is -0.480 e. The highest BCUT2D eigenvalue weighted by Crippen LogP contribution is 2.41. The van der Waals surface area contributed by atoms with Crippen LogP contribution in [0.5, 0.6) is 5.88 Å². The largest absolute Gasteiger partial charge is 0.480 e. The fourth-order valence-corrected chi connectivity index (χ4v) is 4.47. The number of aromatic nitrogens is 1. The second-order valence-electron chi connectivity index (χ2n) is 8.18. The number of likely N-dealkylation sites (tertiary alicyclic amines) is 1. The van der Waals surface area contributed by atoms with Crippen molar-refractivity contribution in [1.29, 1.82) is 0 Å². The van der Waals surface area contributed by atoms with Crippen LogP contribution >= 0.6 is 0 Å². The molecule has 2 amide bonds. The minimum absolute atomic E-state index is 0.0843. The number of carbonyl (C=O) groups excluding carboxylic acids is 1. The SMILES string of the molecule is COc1nc(C)c(C)cc1NC(=O)N1CCC(c2ccccc2)(c2ccccc2)CC1. The lowest BCUT2D eigenvalue weighted by Gasteiger charge is -2.42. The predicted octanol–water partition coefficient (Wildman–Crippen LogP) is 5.32. The molecule has 0 saturated carbocycles. The summed E-state index contributed by atoms with van der Waals surface area (Å²) in [4.78, 5) is 19.4. The van der Waals surface area contributed by atoms with Crippen molar-refractivity contribution in [2.75, 3.05) is 25.5 Å². The number of benzene rings is 2. The molecule has 5 heteroatoms. The standard InChI is InChI=1S/C26H29N3O2/c1-19-18-23(24(31-3)27-20(19)2)28-25(30)29-16-14-26(15-17-29,21-10-6-4-7-11-21)22-12-8-5-9-13-22/h4-13,18H,14-17H2,1-3H3,(H,28,30). The van der Waals surface area contributed by atoms with E-state index in [0.29, 0.717) is 24.7 Å². The molecule has 0 unspecified atom stereocenters. The maximum Gasteiger partial charge on any atom is 0.321 e. The summed E-state index contributed by atoms with van der Waals surface area (Å²) in [6.07, 6.45) is 1.74. The molecule has 5 nitrogen and oxygen atoms in total. The summed E-state index contributed by atoms with van der Waals surface area (Å²) in [6, 6.07) is 23.1. The van der Waals surface area contributed by atoms with Gasteiger partial charge in [-0.25, -0.2) is 9.78 Å². The predicted molar refractivity (Wildman–Crippen MR) is 124 cm³/mol. The van der Waals surface area contributed by atoms with Gasteiger partial charge in [-0.15, -0.1) is 0 Å². The van der Waals surface area contributed by atoms with Crippen LogP contribution in [-0.2, 0) is 5.41 Å². The number of pyridine rings is 1. The molecule has 1 N–H and O–H groups in total. The number of piperidine rings is 1. The molecule has 0 atom stereocenters. The smallest absolute Gasteiger partial charge is 0.321 e. The molecule has 0 radical (unpaired) electrons. The van der Waals surface area contributed by atoms with Crippen molar-refractivity contribution in [3.8, 4) is 5.88 Å². The fourth-order valence-electron chi connectivity index (χ4n) is 4.47. The van der Waals surface area contributed by atoms with Crippen LogP contribution in [0.2, 0.25) is 0 Å². The van der Waals surface area contributed by atoms with Gasteiger partial charge in [0.05, 0.1) is 7.11 Å². The highest BCUT2D eigenvalue weighted by molar-refractivity contribution is 5.91. The van der Waals surface area contributed by atoms with Crippen LogP contribution in [-0.4, -0.2) is 36.1 Å². The maximum absolute atomic E-state index is 13.0. The van der Waals surface area contributed by atoms with Crippen LogP contribution < -0.4 is 10.1 Å². The number of urea groups is 1. The Bertz CT molecular complexity index is 1000. The molecule has 2 aromatic carbocycles. The summed E-state index contributed by atoms with van der Waals surface area (Å²) in [7, 11) is 1.57. The molecule has 0 spiro atoms. The van der Waals surface area contributed by atoms with Crippen molar-refractivity contribution in [3.63, 3.8) is 0 Å². The molecule has 3 aromatic rings. The second kappa shape index (κ2) is 8.80. The van der Waals surface area contributed by atoms with Gasteiger partial charge in [0, 0.05) is 24.2 Å². The van der Waals surface area contributed by atoms with Gasteiger partial charge in [0.15, 0.2) is 0 Å². The van der Waals surface area contributed by atoms with E-state index in [2.05, 4.69) is 71.0 Å². The molecule has 2 heterocycles. The summed E-state index contributed by atoms with van der Waals surface area (Å²) >= 11 is 0. The number of aryl methyl sites for hydroxylation is 2. The Hall–Kier alpha value is -3.34. The van der Waals surface area contributed by atoms with Crippen LogP contribution in [0, 0.1) is 13.8 Å². The van der Waals surface area contributed by atoms with E-state index in [0.717, 1.165) is 24.1 Å².